The minimum absolute atomic E-state index is 0.0635. The summed E-state index contributed by atoms with van der Waals surface area (Å²) >= 11 is 0. The first-order valence-corrected chi connectivity index (χ1v) is 13.8. The van der Waals surface area contributed by atoms with E-state index in [2.05, 4.69) is 15.6 Å². The Morgan fingerprint density at radius 3 is 2.23 bits per heavy atom. The molecular formula is C28H30N6O5S. The van der Waals surface area contributed by atoms with E-state index in [0.717, 1.165) is 17.1 Å². The quantitative estimate of drug-likeness (QED) is 0.232. The van der Waals surface area contributed by atoms with Crippen LogP contribution in [0.1, 0.15) is 12.8 Å². The van der Waals surface area contributed by atoms with E-state index in [9.17, 15) is 13.2 Å². The first kappa shape index (κ1) is 27.2. The topological polar surface area (TPSA) is 126 Å². The SMILES string of the molecule is COc1cc(Nc2nc3ccccc3nc2N(c2cccc(NC(=O)CN(C)C3CC3)c2)[SH](=O)=O)cc(OC)c1. The van der Waals surface area contributed by atoms with Crippen LogP contribution in [0.4, 0.5) is 28.7 Å². The van der Waals surface area contributed by atoms with Crippen molar-refractivity contribution in [1.29, 1.82) is 0 Å². The van der Waals surface area contributed by atoms with Crippen molar-refractivity contribution >= 4 is 56.5 Å². The Morgan fingerprint density at radius 1 is 0.925 bits per heavy atom. The second kappa shape index (κ2) is 11.8. The zero-order valence-corrected chi connectivity index (χ0v) is 23.2. The Morgan fingerprint density at radius 2 is 1.60 bits per heavy atom. The fraction of sp³-hybridized carbons (Fsp3) is 0.250. The van der Waals surface area contributed by atoms with E-state index < -0.39 is 10.9 Å². The molecule has 0 bridgehead atoms. The number of hydrogen-bond acceptors (Lipinski definition) is 9. The number of benzene rings is 3. The van der Waals surface area contributed by atoms with Gasteiger partial charge in [-0.2, -0.15) is 0 Å². The number of nitrogens with zero attached hydrogens (tertiary/aromatic N) is 4. The van der Waals surface area contributed by atoms with Crippen molar-refractivity contribution in [1.82, 2.24) is 14.9 Å². The molecule has 5 rings (SSSR count). The van der Waals surface area contributed by atoms with Crippen LogP contribution in [0.15, 0.2) is 66.7 Å². The smallest absolute Gasteiger partial charge is 0.238 e. The molecule has 12 heteroatoms. The number of likely N-dealkylation sites (N-methyl/N-ethyl adjacent to an activating group) is 1. The summed E-state index contributed by atoms with van der Waals surface area (Å²) in [5, 5.41) is 6.05. The molecule has 0 radical (unpaired) electrons. The highest BCUT2D eigenvalue weighted by Gasteiger charge is 2.27. The van der Waals surface area contributed by atoms with E-state index in [4.69, 9.17) is 14.5 Å². The van der Waals surface area contributed by atoms with Gasteiger partial charge in [0.05, 0.1) is 37.5 Å². The van der Waals surface area contributed by atoms with Crippen molar-refractivity contribution in [3.05, 3.63) is 66.7 Å². The van der Waals surface area contributed by atoms with Gasteiger partial charge in [-0.05, 0) is 50.2 Å². The number of ether oxygens (including phenoxy) is 2. The van der Waals surface area contributed by atoms with Crippen molar-refractivity contribution in [2.75, 3.05) is 42.8 Å². The summed E-state index contributed by atoms with van der Waals surface area (Å²) in [7, 11) is 1.79. The summed E-state index contributed by atoms with van der Waals surface area (Å²) in [5.74, 6) is 1.17. The van der Waals surface area contributed by atoms with Gasteiger partial charge in [-0.15, -0.1) is 0 Å². The number of thiol groups is 1. The molecule has 208 valence electrons. The first-order valence-electron chi connectivity index (χ1n) is 12.7. The van der Waals surface area contributed by atoms with Crippen LogP contribution < -0.4 is 24.4 Å². The molecule has 1 saturated carbocycles. The maximum Gasteiger partial charge on any atom is 0.238 e. The molecule has 0 atom stereocenters. The number of rotatable bonds is 11. The number of aromatic nitrogens is 2. The fourth-order valence-electron chi connectivity index (χ4n) is 4.32. The van der Waals surface area contributed by atoms with E-state index in [1.807, 2.05) is 18.0 Å². The van der Waals surface area contributed by atoms with Gasteiger partial charge in [0, 0.05) is 35.6 Å². The summed E-state index contributed by atoms with van der Waals surface area (Å²) in [5.41, 5.74) is 2.41. The van der Waals surface area contributed by atoms with E-state index in [0.29, 0.717) is 45.6 Å². The van der Waals surface area contributed by atoms with Crippen molar-refractivity contribution < 1.29 is 22.7 Å². The van der Waals surface area contributed by atoms with E-state index >= 15 is 0 Å². The Hall–Kier alpha value is -4.42. The molecule has 0 aliphatic heterocycles. The van der Waals surface area contributed by atoms with Crippen LogP contribution in [0.2, 0.25) is 0 Å². The van der Waals surface area contributed by atoms with Crippen LogP contribution in [0.25, 0.3) is 11.0 Å². The molecule has 0 unspecified atom stereocenters. The standard InChI is InChI=1S/C28H30N6O5S/c1-33(20-11-12-20)17-26(35)29-18-7-6-8-21(13-18)34(40(36)37)28-27(31-24-9-4-5-10-25(24)32-28)30-19-14-22(38-2)16-23(15-19)39-3/h4-10,13-16,20,40H,11-12,17H2,1-3H3,(H,29,35)(H,30,31). The first-order chi connectivity index (χ1) is 19.3. The molecule has 1 aliphatic rings. The molecule has 3 aromatic carbocycles. The minimum Gasteiger partial charge on any atom is -0.497 e. The van der Waals surface area contributed by atoms with Gasteiger partial charge in [-0.3, -0.25) is 9.69 Å². The van der Waals surface area contributed by atoms with Gasteiger partial charge >= 0.3 is 0 Å². The summed E-state index contributed by atoms with van der Waals surface area (Å²) in [6.07, 6.45) is 2.19. The summed E-state index contributed by atoms with van der Waals surface area (Å²) < 4.78 is 37.3. The fourth-order valence-corrected chi connectivity index (χ4v) is 4.93. The second-order valence-corrected chi connectivity index (χ2v) is 10.3. The van der Waals surface area contributed by atoms with Gasteiger partial charge in [0.2, 0.25) is 16.8 Å². The summed E-state index contributed by atoms with van der Waals surface area (Å²) in [6.45, 7) is 0.253. The number of hydrogen-bond donors (Lipinski definition) is 3. The highest BCUT2D eigenvalue weighted by atomic mass is 32.2. The third-order valence-corrected chi connectivity index (χ3v) is 7.21. The van der Waals surface area contributed by atoms with Crippen molar-refractivity contribution in [2.45, 2.75) is 18.9 Å². The lowest BCUT2D eigenvalue weighted by molar-refractivity contribution is -0.117. The third-order valence-electron chi connectivity index (χ3n) is 6.47. The molecule has 0 saturated heterocycles. The number of carbonyl (C=O) groups excluding carboxylic acids is 1. The lowest BCUT2D eigenvalue weighted by Gasteiger charge is -2.21. The Kier molecular flexibility index (Phi) is 7.99. The number of para-hydroxylation sites is 2. The van der Waals surface area contributed by atoms with Crippen LogP contribution in [0.3, 0.4) is 0 Å². The van der Waals surface area contributed by atoms with Crippen molar-refractivity contribution in [3.8, 4) is 11.5 Å². The van der Waals surface area contributed by atoms with E-state index in [1.165, 1.54) is 0 Å². The number of fused-ring (bicyclic) bond motifs is 1. The number of methoxy groups -OCH3 is 2. The molecule has 11 nitrogen and oxygen atoms in total. The monoisotopic (exact) mass is 562 g/mol. The summed E-state index contributed by atoms with van der Waals surface area (Å²) in [6, 6.07) is 19.4. The minimum atomic E-state index is -3.21. The number of nitrogens with one attached hydrogen (secondary N) is 2. The molecule has 1 aromatic heterocycles. The average Bonchev–Trinajstić information content (AvgIpc) is 3.79. The van der Waals surface area contributed by atoms with E-state index in [1.54, 1.807) is 74.9 Å². The van der Waals surface area contributed by atoms with Gasteiger partial charge in [-0.1, -0.05) is 18.2 Å². The van der Waals surface area contributed by atoms with Crippen LogP contribution in [0.5, 0.6) is 11.5 Å². The molecule has 1 fully saturated rings. The average molecular weight is 563 g/mol. The Labute approximate surface area is 233 Å². The van der Waals surface area contributed by atoms with E-state index in [-0.39, 0.29) is 24.1 Å². The maximum absolute atomic E-state index is 12.7. The zero-order valence-electron chi connectivity index (χ0n) is 22.3. The van der Waals surface area contributed by atoms with Crippen LogP contribution in [-0.2, 0) is 15.7 Å². The number of amides is 1. The second-order valence-electron chi connectivity index (χ2n) is 9.41. The normalized spacial score (nSPS) is 12.9. The molecule has 0 spiro atoms. The van der Waals surface area contributed by atoms with Gasteiger partial charge in [0.1, 0.15) is 11.5 Å². The number of anilines is 5. The number of carbonyl (C=O) groups is 1. The highest BCUT2D eigenvalue weighted by Crippen LogP contribution is 2.36. The van der Waals surface area contributed by atoms with Gasteiger partial charge < -0.3 is 20.1 Å². The molecule has 1 amide bonds. The van der Waals surface area contributed by atoms with Gasteiger partial charge in [-0.25, -0.2) is 22.7 Å². The molecule has 4 aromatic rings. The molecular weight excluding hydrogens is 532 g/mol. The molecule has 40 heavy (non-hydrogen) atoms. The maximum atomic E-state index is 12.7. The van der Waals surface area contributed by atoms with Crippen molar-refractivity contribution in [2.24, 2.45) is 0 Å². The predicted molar refractivity (Wildman–Crippen MR) is 156 cm³/mol. The van der Waals surface area contributed by atoms with Crippen molar-refractivity contribution in [3.63, 3.8) is 0 Å². The lowest BCUT2D eigenvalue weighted by atomic mass is 10.2. The Bertz CT molecular complexity index is 1590. The third kappa shape index (κ3) is 6.24. The van der Waals surface area contributed by atoms with Crippen LogP contribution in [0, 0.1) is 0 Å². The molecule has 2 N–H and O–H groups in total. The largest absolute Gasteiger partial charge is 0.497 e. The Balaban J connectivity index is 1.53. The summed E-state index contributed by atoms with van der Waals surface area (Å²) in [4.78, 5) is 24.0. The van der Waals surface area contributed by atoms with Crippen LogP contribution >= 0.6 is 0 Å². The molecule has 1 heterocycles. The van der Waals surface area contributed by atoms with Gasteiger partial charge in [0.15, 0.2) is 11.6 Å². The molecule has 1 aliphatic carbocycles. The van der Waals surface area contributed by atoms with Gasteiger partial charge in [0.25, 0.3) is 0 Å². The zero-order chi connectivity index (χ0) is 28.2. The highest BCUT2D eigenvalue weighted by molar-refractivity contribution is 7.74. The predicted octanol–water partition coefficient (Wildman–Crippen LogP) is 4.09. The lowest BCUT2D eigenvalue weighted by Crippen LogP contribution is -2.31. The van der Waals surface area contributed by atoms with Crippen LogP contribution in [-0.4, -0.2) is 63.0 Å².